The molecule has 2 nitrogen and oxygen atoms in total. The smallest absolute Gasteiger partial charge is 0.0640 e. The average molecular weight is 703 g/mol. The number of hydrogen-bond donors (Lipinski definition) is 0. The topological polar surface area (TPSA) is 6.48 Å². The summed E-state index contributed by atoms with van der Waals surface area (Å²) in [5.41, 5.74) is 8.89. The van der Waals surface area contributed by atoms with Crippen LogP contribution in [0.4, 0.5) is 28.4 Å². The van der Waals surface area contributed by atoms with Crippen LogP contribution in [0.5, 0.6) is 0 Å². The average Bonchev–Trinajstić information content (AvgIpc) is 3.78. The van der Waals surface area contributed by atoms with Crippen molar-refractivity contribution >= 4 is 91.5 Å². The van der Waals surface area contributed by atoms with E-state index in [0.29, 0.717) is 0 Å². The highest BCUT2D eigenvalue weighted by molar-refractivity contribution is 7.26. The van der Waals surface area contributed by atoms with Crippen molar-refractivity contribution in [2.75, 3.05) is 9.80 Å². The Kier molecular flexibility index (Phi) is 8.24. The summed E-state index contributed by atoms with van der Waals surface area (Å²) in [6, 6.07) is 58.9. The Labute approximate surface area is 311 Å². The molecule has 0 saturated carbocycles. The molecule has 248 valence electrons. The second kappa shape index (κ2) is 13.5. The van der Waals surface area contributed by atoms with E-state index in [1.807, 2.05) is 40.9 Å². The molecule has 2 aromatic heterocycles. The number of rotatable bonds is 9. The molecule has 0 spiro atoms. The lowest BCUT2D eigenvalue weighted by Gasteiger charge is -2.27. The molecule has 4 heteroatoms. The van der Waals surface area contributed by atoms with Crippen molar-refractivity contribution in [3.8, 4) is 11.1 Å². The zero-order valence-corrected chi connectivity index (χ0v) is 30.1. The maximum Gasteiger partial charge on any atom is 0.0640 e. The lowest BCUT2D eigenvalue weighted by molar-refractivity contribution is 1.23. The van der Waals surface area contributed by atoms with E-state index in [2.05, 4.69) is 187 Å². The second-order valence-corrected chi connectivity index (χ2v) is 14.7. The van der Waals surface area contributed by atoms with Gasteiger partial charge in [-0.3, -0.25) is 0 Å². The molecule has 0 aliphatic carbocycles. The van der Waals surface area contributed by atoms with Gasteiger partial charge >= 0.3 is 0 Å². The van der Waals surface area contributed by atoms with Gasteiger partial charge in [0.25, 0.3) is 0 Å². The molecule has 0 saturated heterocycles. The second-order valence-electron chi connectivity index (χ2n) is 12.6. The minimum atomic E-state index is 0.965. The molecule has 0 unspecified atom stereocenters. The Morgan fingerprint density at radius 3 is 1.50 bits per heavy atom. The highest BCUT2D eigenvalue weighted by Crippen LogP contribution is 2.46. The van der Waals surface area contributed by atoms with Crippen LogP contribution < -0.4 is 9.80 Å². The predicted molar refractivity (Wildman–Crippen MR) is 229 cm³/mol. The van der Waals surface area contributed by atoms with Crippen molar-refractivity contribution in [3.63, 3.8) is 0 Å². The number of benzene rings is 7. The Morgan fingerprint density at radius 2 is 0.923 bits per heavy atom. The van der Waals surface area contributed by atoms with Crippen LogP contribution >= 0.6 is 22.7 Å². The van der Waals surface area contributed by atoms with E-state index in [4.69, 9.17) is 0 Å². The molecule has 0 aliphatic rings. The minimum absolute atomic E-state index is 0.965. The molecule has 9 rings (SSSR count). The van der Waals surface area contributed by atoms with E-state index in [9.17, 15) is 0 Å². The standard InChI is InChI=1S/C48H34N2S2/c1-3-14-35(4-2)49(43-21-12-19-41-39-17-8-10-23-45(39)51-47(41)43)37-29-25-33(26-30-37)34-27-31-38(32-28-34)50(36-15-6-5-7-16-36)44-22-13-20-42-40-18-9-11-24-46(40)52-48(42)44/h3-32H,1-2H2. The van der Waals surface area contributed by atoms with E-state index >= 15 is 0 Å². The lowest BCUT2D eigenvalue weighted by Crippen LogP contribution is -2.15. The highest BCUT2D eigenvalue weighted by Gasteiger charge is 2.20. The van der Waals surface area contributed by atoms with Gasteiger partial charge in [0.05, 0.1) is 20.8 Å². The van der Waals surface area contributed by atoms with Gasteiger partial charge in [0.15, 0.2) is 0 Å². The van der Waals surface area contributed by atoms with Crippen molar-refractivity contribution < 1.29 is 0 Å². The summed E-state index contributed by atoms with van der Waals surface area (Å²) in [4.78, 5) is 4.66. The maximum absolute atomic E-state index is 4.18. The van der Waals surface area contributed by atoms with Crippen LogP contribution in [0.1, 0.15) is 0 Å². The normalized spacial score (nSPS) is 11.7. The first-order valence-corrected chi connectivity index (χ1v) is 19.0. The Bertz CT molecular complexity index is 2770. The molecule has 52 heavy (non-hydrogen) atoms. The quantitative estimate of drug-likeness (QED) is 0.138. The Morgan fingerprint density at radius 1 is 0.442 bits per heavy atom. The molecule has 7 aromatic carbocycles. The van der Waals surface area contributed by atoms with Crippen LogP contribution in [0.2, 0.25) is 0 Å². The van der Waals surface area contributed by atoms with Crippen LogP contribution in [0, 0.1) is 0 Å². The number of hydrogen-bond acceptors (Lipinski definition) is 4. The zero-order valence-electron chi connectivity index (χ0n) is 28.4. The van der Waals surface area contributed by atoms with Gasteiger partial charge < -0.3 is 9.80 Å². The van der Waals surface area contributed by atoms with Gasteiger partial charge in [0, 0.05) is 53.7 Å². The van der Waals surface area contributed by atoms with Gasteiger partial charge in [-0.15, -0.1) is 22.7 Å². The maximum atomic E-state index is 4.18. The summed E-state index contributed by atoms with van der Waals surface area (Å²) in [5.74, 6) is 0. The fraction of sp³-hybridized carbons (Fsp3) is 0. The summed E-state index contributed by atoms with van der Waals surface area (Å²) < 4.78 is 5.11. The van der Waals surface area contributed by atoms with Crippen LogP contribution in [0.25, 0.3) is 51.5 Å². The molecule has 0 bridgehead atoms. The monoisotopic (exact) mass is 702 g/mol. The third kappa shape index (κ3) is 5.50. The summed E-state index contributed by atoms with van der Waals surface area (Å²) in [5, 5.41) is 5.13. The number of thiophene rings is 2. The van der Waals surface area contributed by atoms with E-state index in [1.54, 1.807) is 0 Å². The van der Waals surface area contributed by atoms with Crippen molar-refractivity contribution in [1.82, 2.24) is 0 Å². The first-order chi connectivity index (χ1) is 25.7. The van der Waals surface area contributed by atoms with Crippen molar-refractivity contribution in [2.45, 2.75) is 0 Å². The molecular formula is C48H34N2S2. The fourth-order valence-electron chi connectivity index (χ4n) is 7.21. The van der Waals surface area contributed by atoms with Gasteiger partial charge in [-0.1, -0.05) is 122 Å². The number of allylic oxidation sites excluding steroid dienone is 3. The molecule has 0 amide bonds. The van der Waals surface area contributed by atoms with E-state index < -0.39 is 0 Å². The SMILES string of the molecule is C=CC=C(C=C)N(c1ccc(-c2ccc(N(c3ccccc3)c3cccc4c3sc3ccccc34)cc2)cc1)c1cccc2c1sc1ccccc12. The third-order valence-corrected chi connectivity index (χ3v) is 12.0. The Balaban J connectivity index is 1.09. The molecule has 0 fully saturated rings. The van der Waals surface area contributed by atoms with Crippen LogP contribution in [0.15, 0.2) is 201 Å². The van der Waals surface area contributed by atoms with Crippen LogP contribution in [-0.2, 0) is 0 Å². The Hall–Kier alpha value is -6.20. The van der Waals surface area contributed by atoms with E-state index in [0.717, 1.165) is 39.6 Å². The first kappa shape index (κ1) is 31.8. The lowest BCUT2D eigenvalue weighted by atomic mass is 10.0. The van der Waals surface area contributed by atoms with Gasteiger partial charge in [-0.2, -0.15) is 0 Å². The fourth-order valence-corrected chi connectivity index (χ4v) is 9.62. The molecule has 0 atom stereocenters. The van der Waals surface area contributed by atoms with Gasteiger partial charge in [0.1, 0.15) is 0 Å². The highest BCUT2D eigenvalue weighted by atomic mass is 32.1. The minimum Gasteiger partial charge on any atom is -0.309 e. The van der Waals surface area contributed by atoms with Gasteiger partial charge in [-0.25, -0.2) is 0 Å². The zero-order chi connectivity index (χ0) is 35.0. The number of anilines is 5. The number of para-hydroxylation sites is 1. The largest absolute Gasteiger partial charge is 0.309 e. The molecule has 0 aliphatic heterocycles. The van der Waals surface area contributed by atoms with E-state index in [-0.39, 0.29) is 0 Å². The van der Waals surface area contributed by atoms with Gasteiger partial charge in [0.2, 0.25) is 0 Å². The summed E-state index contributed by atoms with van der Waals surface area (Å²) in [7, 11) is 0. The van der Waals surface area contributed by atoms with E-state index in [1.165, 1.54) is 46.0 Å². The summed E-state index contributed by atoms with van der Waals surface area (Å²) in [6.45, 7) is 8.18. The van der Waals surface area contributed by atoms with Gasteiger partial charge in [-0.05, 0) is 83.9 Å². The molecule has 0 N–H and O–H groups in total. The first-order valence-electron chi connectivity index (χ1n) is 17.3. The predicted octanol–water partition coefficient (Wildman–Crippen LogP) is 15.0. The number of fused-ring (bicyclic) bond motifs is 6. The molecule has 0 radical (unpaired) electrons. The van der Waals surface area contributed by atoms with Crippen LogP contribution in [-0.4, -0.2) is 0 Å². The van der Waals surface area contributed by atoms with Crippen molar-refractivity contribution in [1.29, 1.82) is 0 Å². The van der Waals surface area contributed by atoms with Crippen molar-refractivity contribution in [3.05, 3.63) is 201 Å². The van der Waals surface area contributed by atoms with Crippen molar-refractivity contribution in [2.24, 2.45) is 0 Å². The summed E-state index contributed by atoms with van der Waals surface area (Å²) >= 11 is 3.68. The third-order valence-electron chi connectivity index (χ3n) is 9.60. The number of nitrogens with zero attached hydrogens (tertiary/aromatic N) is 2. The summed E-state index contributed by atoms with van der Waals surface area (Å²) in [6.07, 6.45) is 5.74. The molecular weight excluding hydrogens is 669 g/mol. The molecule has 2 heterocycles. The molecule has 9 aromatic rings. The van der Waals surface area contributed by atoms with Crippen LogP contribution in [0.3, 0.4) is 0 Å².